The minimum absolute atomic E-state index is 0.868. The lowest BCUT2D eigenvalue weighted by molar-refractivity contribution is 0.359. The molecule has 0 radical (unpaired) electrons. The Bertz CT molecular complexity index is 885. The van der Waals surface area contributed by atoms with Gasteiger partial charge in [-0.3, -0.25) is 0 Å². The highest BCUT2D eigenvalue weighted by molar-refractivity contribution is 6.88. The molecule has 3 fully saturated rings. The molecule has 6 aliphatic rings. The molecular weight excluding hydrogens is 501 g/mol. The Balaban J connectivity index is 1.06. The van der Waals surface area contributed by atoms with E-state index in [-0.39, 0.29) is 0 Å². The smallest absolute Gasteiger partial charge is 0.311 e. The molecule has 9 atom stereocenters. The van der Waals surface area contributed by atoms with Crippen molar-refractivity contribution < 1.29 is 8.23 Å². The van der Waals surface area contributed by atoms with Gasteiger partial charge in [-0.2, -0.15) is 0 Å². The maximum absolute atomic E-state index is 7.41. The summed E-state index contributed by atoms with van der Waals surface area (Å²) in [5.41, 5.74) is 0. The van der Waals surface area contributed by atoms with Crippen molar-refractivity contribution in [1.29, 1.82) is 0 Å². The summed E-state index contributed by atoms with van der Waals surface area (Å²) in [6.07, 6.45) is 27.9. The molecule has 6 bridgehead atoms. The SMILES string of the molecule is C[Si](C)(CCC1CC2C=CC1C2)O[Si](C)(C)O[Si](C)(CCC1CC2C=CC1C2)CCC1CC2C=CC1C2. The Hall–Kier alpha value is -0.209. The first kappa shape index (κ1) is 27.0. The fourth-order valence-corrected chi connectivity index (χ4v) is 24.9. The summed E-state index contributed by atoms with van der Waals surface area (Å²) >= 11 is 0. The Morgan fingerprint density at radius 3 is 1.27 bits per heavy atom. The van der Waals surface area contributed by atoms with Gasteiger partial charge in [0.2, 0.25) is 0 Å². The van der Waals surface area contributed by atoms with Crippen molar-refractivity contribution in [1.82, 2.24) is 0 Å². The topological polar surface area (TPSA) is 18.5 Å². The van der Waals surface area contributed by atoms with Gasteiger partial charge in [0.1, 0.15) is 0 Å². The average Bonchev–Trinajstić information content (AvgIpc) is 3.67. The molecule has 0 aliphatic heterocycles. The van der Waals surface area contributed by atoms with Gasteiger partial charge < -0.3 is 8.23 Å². The van der Waals surface area contributed by atoms with Gasteiger partial charge >= 0.3 is 8.56 Å². The van der Waals surface area contributed by atoms with E-state index in [2.05, 4.69) is 69.2 Å². The van der Waals surface area contributed by atoms with Crippen LogP contribution in [0.15, 0.2) is 36.5 Å². The van der Waals surface area contributed by atoms with Crippen molar-refractivity contribution in [3.63, 3.8) is 0 Å². The Labute approximate surface area is 231 Å². The fourth-order valence-electron chi connectivity index (χ4n) is 9.75. The summed E-state index contributed by atoms with van der Waals surface area (Å²) in [4.78, 5) is 0. The van der Waals surface area contributed by atoms with Crippen LogP contribution in [0, 0.1) is 53.3 Å². The fraction of sp³-hybridized carbons (Fsp3) is 0.812. The van der Waals surface area contributed by atoms with Crippen LogP contribution in [-0.4, -0.2) is 25.2 Å². The van der Waals surface area contributed by atoms with Gasteiger partial charge in [0, 0.05) is 0 Å². The van der Waals surface area contributed by atoms with E-state index >= 15 is 0 Å². The maximum Gasteiger partial charge on any atom is 0.311 e. The van der Waals surface area contributed by atoms with E-state index in [9.17, 15) is 0 Å². The van der Waals surface area contributed by atoms with E-state index in [0.29, 0.717) is 0 Å². The van der Waals surface area contributed by atoms with E-state index < -0.39 is 25.2 Å². The van der Waals surface area contributed by atoms with Crippen LogP contribution < -0.4 is 0 Å². The third-order valence-electron chi connectivity index (χ3n) is 11.5. The number of fused-ring (bicyclic) bond motifs is 6. The van der Waals surface area contributed by atoms with Crippen LogP contribution >= 0.6 is 0 Å². The van der Waals surface area contributed by atoms with Crippen molar-refractivity contribution in [3.05, 3.63) is 36.5 Å². The summed E-state index contributed by atoms with van der Waals surface area (Å²) in [6.45, 7) is 12.4. The van der Waals surface area contributed by atoms with Crippen LogP contribution in [0.2, 0.25) is 50.9 Å². The summed E-state index contributed by atoms with van der Waals surface area (Å²) in [6, 6.07) is 4.01. The van der Waals surface area contributed by atoms with Crippen molar-refractivity contribution >= 4 is 25.2 Å². The second-order valence-electron chi connectivity index (χ2n) is 15.6. The second-order valence-corrected chi connectivity index (χ2v) is 27.9. The molecule has 206 valence electrons. The third-order valence-corrected chi connectivity index (χ3v) is 23.8. The van der Waals surface area contributed by atoms with Gasteiger partial charge in [-0.15, -0.1) is 0 Å². The van der Waals surface area contributed by atoms with E-state index in [1.807, 2.05) is 0 Å². The molecule has 0 N–H and O–H groups in total. The molecule has 0 amide bonds. The first-order valence-electron chi connectivity index (χ1n) is 16.0. The van der Waals surface area contributed by atoms with E-state index in [1.165, 1.54) is 75.9 Å². The maximum atomic E-state index is 7.41. The summed E-state index contributed by atoms with van der Waals surface area (Å²) in [5, 5.41) is 0. The largest absolute Gasteiger partial charge is 0.437 e. The lowest BCUT2D eigenvalue weighted by atomic mass is 9.91. The van der Waals surface area contributed by atoms with Crippen molar-refractivity contribution in [2.45, 2.75) is 109 Å². The standard InChI is InChI=1S/C32H54O2Si3/c1-35(2,15-12-30-21-24-6-9-27(30)18-24)33-36(3,4)34-37(5,16-13-31-22-25-7-10-28(31)19-25)17-14-32-23-26-8-11-29(32)20-26/h6-11,24-32H,12-23H2,1-5H3. The van der Waals surface area contributed by atoms with Crippen LogP contribution in [-0.2, 0) is 8.23 Å². The first-order chi connectivity index (χ1) is 17.5. The van der Waals surface area contributed by atoms with Gasteiger partial charge in [-0.25, -0.2) is 0 Å². The van der Waals surface area contributed by atoms with Gasteiger partial charge in [0.25, 0.3) is 0 Å². The normalized spacial score (nSPS) is 40.9. The molecule has 9 unspecified atom stereocenters. The van der Waals surface area contributed by atoms with Crippen molar-refractivity contribution in [2.24, 2.45) is 53.3 Å². The number of allylic oxidation sites excluding steroid dienone is 6. The van der Waals surface area contributed by atoms with Crippen LogP contribution in [0.4, 0.5) is 0 Å². The molecule has 2 nitrogen and oxygen atoms in total. The molecule has 0 aromatic carbocycles. The van der Waals surface area contributed by atoms with Gasteiger partial charge in [-0.1, -0.05) is 55.7 Å². The predicted octanol–water partition coefficient (Wildman–Crippen LogP) is 9.31. The highest BCUT2D eigenvalue weighted by Gasteiger charge is 2.45. The Kier molecular flexibility index (Phi) is 7.53. The van der Waals surface area contributed by atoms with Gasteiger partial charge in [0.15, 0.2) is 16.6 Å². The zero-order chi connectivity index (χ0) is 25.8. The summed E-state index contributed by atoms with van der Waals surface area (Å²) < 4.78 is 14.6. The monoisotopic (exact) mass is 554 g/mol. The molecule has 0 aromatic heterocycles. The quantitative estimate of drug-likeness (QED) is 0.167. The molecule has 6 aliphatic carbocycles. The molecule has 37 heavy (non-hydrogen) atoms. The molecule has 0 heterocycles. The van der Waals surface area contributed by atoms with E-state index in [1.54, 1.807) is 0 Å². The summed E-state index contributed by atoms with van der Waals surface area (Å²) in [5.74, 6) is 8.02. The molecule has 0 saturated heterocycles. The average molecular weight is 555 g/mol. The minimum atomic E-state index is -2.17. The molecule has 0 aromatic rings. The zero-order valence-corrected chi connectivity index (χ0v) is 27.5. The molecule has 0 spiro atoms. The highest BCUT2D eigenvalue weighted by atomic mass is 28.5. The van der Waals surface area contributed by atoms with Crippen molar-refractivity contribution in [2.75, 3.05) is 0 Å². The Morgan fingerprint density at radius 1 is 0.514 bits per heavy atom. The zero-order valence-electron chi connectivity index (χ0n) is 24.5. The number of hydrogen-bond acceptors (Lipinski definition) is 2. The van der Waals surface area contributed by atoms with E-state index in [0.717, 1.165) is 53.3 Å². The van der Waals surface area contributed by atoms with Crippen LogP contribution in [0.1, 0.15) is 57.8 Å². The van der Waals surface area contributed by atoms with E-state index in [4.69, 9.17) is 8.23 Å². The second kappa shape index (κ2) is 10.3. The lowest BCUT2D eigenvalue weighted by Gasteiger charge is -2.41. The van der Waals surface area contributed by atoms with Gasteiger partial charge in [0.05, 0.1) is 0 Å². The van der Waals surface area contributed by atoms with Gasteiger partial charge in [-0.05, 0) is 143 Å². The van der Waals surface area contributed by atoms with Crippen molar-refractivity contribution in [3.8, 4) is 0 Å². The van der Waals surface area contributed by atoms with Crippen LogP contribution in [0.25, 0.3) is 0 Å². The number of rotatable bonds is 13. The summed E-state index contributed by atoms with van der Waals surface area (Å²) in [7, 11) is -5.74. The number of hydrogen-bond donors (Lipinski definition) is 0. The van der Waals surface area contributed by atoms with Crippen LogP contribution in [0.3, 0.4) is 0 Å². The first-order valence-corrected chi connectivity index (χ1v) is 24.8. The van der Waals surface area contributed by atoms with Crippen LogP contribution in [0.5, 0.6) is 0 Å². The molecule has 3 saturated carbocycles. The highest BCUT2D eigenvalue weighted by Crippen LogP contribution is 2.49. The molecular formula is C32H54O2Si3. The lowest BCUT2D eigenvalue weighted by Crippen LogP contribution is -2.53. The minimum Gasteiger partial charge on any atom is -0.437 e. The predicted molar refractivity (Wildman–Crippen MR) is 164 cm³/mol. The Morgan fingerprint density at radius 2 is 0.919 bits per heavy atom. The molecule has 5 heteroatoms. The third kappa shape index (κ3) is 6.26. The molecule has 6 rings (SSSR count).